The Morgan fingerprint density at radius 2 is 2.25 bits per heavy atom. The van der Waals surface area contributed by atoms with Gasteiger partial charge < -0.3 is 10.6 Å². The molecule has 1 fully saturated rings. The first kappa shape index (κ1) is 13.5. The number of hydrogen-bond acceptors (Lipinski definition) is 3. The first-order valence-electron chi connectivity index (χ1n) is 6.22. The van der Waals surface area contributed by atoms with Crippen LogP contribution in [0.25, 0.3) is 0 Å². The standard InChI is InChI=1S/C12H25N3O/c1-5-15-10(6-8-13-4)11(16)14-9-7-12(15,2)3/h10,13H,5-9H2,1-4H3,(H,14,16). The lowest BCUT2D eigenvalue weighted by Crippen LogP contribution is -2.53. The van der Waals surface area contributed by atoms with E-state index in [4.69, 9.17) is 0 Å². The summed E-state index contributed by atoms with van der Waals surface area (Å²) in [6.45, 7) is 9.18. The Bertz CT molecular complexity index is 240. The number of nitrogens with one attached hydrogen (secondary N) is 2. The van der Waals surface area contributed by atoms with Gasteiger partial charge in [-0.15, -0.1) is 0 Å². The minimum Gasteiger partial charge on any atom is -0.355 e. The van der Waals surface area contributed by atoms with Gasteiger partial charge in [-0.05, 0) is 46.8 Å². The molecule has 2 N–H and O–H groups in total. The van der Waals surface area contributed by atoms with Crippen LogP contribution < -0.4 is 10.6 Å². The van der Waals surface area contributed by atoms with Crippen LogP contribution in [0.2, 0.25) is 0 Å². The summed E-state index contributed by atoms with van der Waals surface area (Å²) in [4.78, 5) is 14.3. The van der Waals surface area contributed by atoms with E-state index in [2.05, 4.69) is 36.3 Å². The van der Waals surface area contributed by atoms with E-state index in [-0.39, 0.29) is 17.5 Å². The zero-order chi connectivity index (χ0) is 12.2. The highest BCUT2D eigenvalue weighted by Gasteiger charge is 2.37. The molecular formula is C12H25N3O. The van der Waals surface area contributed by atoms with Gasteiger partial charge in [0.15, 0.2) is 0 Å². The number of amides is 1. The largest absolute Gasteiger partial charge is 0.355 e. The van der Waals surface area contributed by atoms with Crippen molar-refractivity contribution in [2.45, 2.75) is 45.2 Å². The van der Waals surface area contributed by atoms with Crippen molar-refractivity contribution in [3.8, 4) is 0 Å². The van der Waals surface area contributed by atoms with Crippen molar-refractivity contribution in [3.05, 3.63) is 0 Å². The Kier molecular flexibility index (Phi) is 4.74. The highest BCUT2D eigenvalue weighted by atomic mass is 16.2. The van der Waals surface area contributed by atoms with Crippen molar-refractivity contribution in [1.82, 2.24) is 15.5 Å². The highest BCUT2D eigenvalue weighted by molar-refractivity contribution is 5.82. The predicted octanol–water partition coefficient (Wildman–Crippen LogP) is 0.585. The molecule has 0 aromatic carbocycles. The third-order valence-electron chi connectivity index (χ3n) is 3.50. The maximum absolute atomic E-state index is 12.0. The molecule has 1 saturated heterocycles. The molecule has 1 aliphatic rings. The molecule has 94 valence electrons. The molecule has 1 amide bonds. The monoisotopic (exact) mass is 227 g/mol. The molecule has 16 heavy (non-hydrogen) atoms. The van der Waals surface area contributed by atoms with Crippen LogP contribution in [0.15, 0.2) is 0 Å². The second kappa shape index (κ2) is 5.64. The first-order chi connectivity index (χ1) is 7.53. The fourth-order valence-electron chi connectivity index (χ4n) is 2.53. The smallest absolute Gasteiger partial charge is 0.237 e. The van der Waals surface area contributed by atoms with E-state index in [1.165, 1.54) is 0 Å². The Balaban J connectivity index is 2.82. The van der Waals surface area contributed by atoms with Crippen LogP contribution in [0.5, 0.6) is 0 Å². The average molecular weight is 227 g/mol. The summed E-state index contributed by atoms with van der Waals surface area (Å²) >= 11 is 0. The SMILES string of the molecule is CCN1C(CCNC)C(=O)NCCC1(C)C. The van der Waals surface area contributed by atoms with Gasteiger partial charge in [0.2, 0.25) is 5.91 Å². The van der Waals surface area contributed by atoms with E-state index in [0.717, 1.165) is 32.5 Å². The molecule has 0 aromatic rings. The quantitative estimate of drug-likeness (QED) is 0.738. The van der Waals surface area contributed by atoms with Crippen molar-refractivity contribution in [1.29, 1.82) is 0 Å². The van der Waals surface area contributed by atoms with E-state index >= 15 is 0 Å². The Labute approximate surface area is 98.8 Å². The molecule has 0 saturated carbocycles. The predicted molar refractivity (Wildman–Crippen MR) is 66.4 cm³/mol. The lowest BCUT2D eigenvalue weighted by Gasteiger charge is -2.40. The summed E-state index contributed by atoms with van der Waals surface area (Å²) in [5, 5.41) is 6.14. The summed E-state index contributed by atoms with van der Waals surface area (Å²) in [5.74, 6) is 0.183. The molecule has 1 heterocycles. The number of nitrogens with zero attached hydrogens (tertiary/aromatic N) is 1. The van der Waals surface area contributed by atoms with Gasteiger partial charge in [-0.2, -0.15) is 0 Å². The molecule has 1 rings (SSSR count). The number of hydrogen-bond donors (Lipinski definition) is 2. The number of likely N-dealkylation sites (N-methyl/N-ethyl adjacent to an activating group) is 1. The van der Waals surface area contributed by atoms with Gasteiger partial charge in [-0.1, -0.05) is 6.92 Å². The minimum absolute atomic E-state index is 0.00921. The normalized spacial score (nSPS) is 26.2. The third-order valence-corrected chi connectivity index (χ3v) is 3.50. The van der Waals surface area contributed by atoms with Gasteiger partial charge >= 0.3 is 0 Å². The van der Waals surface area contributed by atoms with E-state index in [1.807, 2.05) is 7.05 Å². The van der Waals surface area contributed by atoms with Crippen molar-refractivity contribution in [2.75, 3.05) is 26.7 Å². The molecule has 0 radical (unpaired) electrons. The maximum Gasteiger partial charge on any atom is 0.237 e. The number of carbonyl (C=O) groups is 1. The zero-order valence-electron chi connectivity index (χ0n) is 11.0. The summed E-state index contributed by atoms with van der Waals surface area (Å²) in [7, 11) is 1.93. The molecule has 0 aliphatic carbocycles. The Hall–Kier alpha value is -0.610. The van der Waals surface area contributed by atoms with Gasteiger partial charge in [0, 0.05) is 12.1 Å². The van der Waals surface area contributed by atoms with Gasteiger partial charge in [-0.25, -0.2) is 0 Å². The second-order valence-electron chi connectivity index (χ2n) is 5.05. The molecule has 4 nitrogen and oxygen atoms in total. The van der Waals surface area contributed by atoms with E-state index in [0.29, 0.717) is 0 Å². The van der Waals surface area contributed by atoms with Gasteiger partial charge in [-0.3, -0.25) is 9.69 Å². The number of rotatable bonds is 4. The summed E-state index contributed by atoms with van der Waals surface area (Å²) in [5.41, 5.74) is 0.103. The number of carbonyl (C=O) groups excluding carboxylic acids is 1. The van der Waals surface area contributed by atoms with Crippen LogP contribution in [0.3, 0.4) is 0 Å². The van der Waals surface area contributed by atoms with Crippen LogP contribution in [0.1, 0.15) is 33.6 Å². The summed E-state index contributed by atoms with van der Waals surface area (Å²) < 4.78 is 0. The highest BCUT2D eigenvalue weighted by Crippen LogP contribution is 2.24. The summed E-state index contributed by atoms with van der Waals surface area (Å²) in [6.07, 6.45) is 1.89. The van der Waals surface area contributed by atoms with Crippen molar-refractivity contribution < 1.29 is 4.79 Å². The Morgan fingerprint density at radius 3 is 2.81 bits per heavy atom. The zero-order valence-corrected chi connectivity index (χ0v) is 11.0. The molecule has 1 aliphatic heterocycles. The van der Waals surface area contributed by atoms with Crippen LogP contribution in [0.4, 0.5) is 0 Å². The van der Waals surface area contributed by atoms with E-state index in [1.54, 1.807) is 0 Å². The van der Waals surface area contributed by atoms with E-state index < -0.39 is 0 Å². The topological polar surface area (TPSA) is 44.4 Å². The van der Waals surface area contributed by atoms with Crippen molar-refractivity contribution in [3.63, 3.8) is 0 Å². The van der Waals surface area contributed by atoms with Crippen molar-refractivity contribution in [2.24, 2.45) is 0 Å². The van der Waals surface area contributed by atoms with Crippen LogP contribution >= 0.6 is 0 Å². The van der Waals surface area contributed by atoms with E-state index in [9.17, 15) is 4.79 Å². The van der Waals surface area contributed by atoms with Gasteiger partial charge in [0.05, 0.1) is 6.04 Å². The molecule has 0 bridgehead atoms. The second-order valence-corrected chi connectivity index (χ2v) is 5.05. The molecule has 4 heteroatoms. The fraction of sp³-hybridized carbons (Fsp3) is 0.917. The fourth-order valence-corrected chi connectivity index (χ4v) is 2.53. The van der Waals surface area contributed by atoms with Crippen molar-refractivity contribution >= 4 is 5.91 Å². The van der Waals surface area contributed by atoms with Crippen LogP contribution in [-0.4, -0.2) is 49.1 Å². The molecule has 1 unspecified atom stereocenters. The molecule has 1 atom stereocenters. The summed E-state index contributed by atoms with van der Waals surface area (Å²) in [6, 6.07) is 0.00921. The molecule has 0 aromatic heterocycles. The van der Waals surface area contributed by atoms with Crippen LogP contribution in [-0.2, 0) is 4.79 Å². The third kappa shape index (κ3) is 2.95. The maximum atomic E-state index is 12.0. The Morgan fingerprint density at radius 1 is 1.56 bits per heavy atom. The molecular weight excluding hydrogens is 202 g/mol. The molecule has 0 spiro atoms. The lowest BCUT2D eigenvalue weighted by molar-refractivity contribution is -0.127. The van der Waals surface area contributed by atoms with Gasteiger partial charge in [0.1, 0.15) is 0 Å². The minimum atomic E-state index is 0.00921. The first-order valence-corrected chi connectivity index (χ1v) is 6.22. The van der Waals surface area contributed by atoms with Crippen LogP contribution in [0, 0.1) is 0 Å². The lowest BCUT2D eigenvalue weighted by atomic mass is 9.96. The average Bonchev–Trinajstić information content (AvgIpc) is 2.32. The van der Waals surface area contributed by atoms with Gasteiger partial charge in [0.25, 0.3) is 0 Å².